The van der Waals surface area contributed by atoms with E-state index in [2.05, 4.69) is 4.98 Å². The minimum atomic E-state index is -4.31. The van der Waals surface area contributed by atoms with Crippen LogP contribution in [0.25, 0.3) is 11.3 Å². The van der Waals surface area contributed by atoms with Crippen LogP contribution in [0.5, 0.6) is 0 Å². The summed E-state index contributed by atoms with van der Waals surface area (Å²) in [6.45, 7) is 3.55. The molecule has 0 saturated carbocycles. The fraction of sp³-hybridized carbons (Fsp3) is 0.308. The first-order chi connectivity index (χ1) is 8.41. The van der Waals surface area contributed by atoms with Crippen molar-refractivity contribution in [2.24, 2.45) is 0 Å². The van der Waals surface area contributed by atoms with Gasteiger partial charge in [0.2, 0.25) is 0 Å². The average molecular weight is 271 g/mol. The normalized spacial score (nSPS) is 11.8. The molecule has 2 aromatic rings. The number of alkyl halides is 3. The maximum absolute atomic E-state index is 12.9. The number of hydrogen-bond donors (Lipinski definition) is 0. The third-order valence-electron chi connectivity index (χ3n) is 2.71. The van der Waals surface area contributed by atoms with Crippen molar-refractivity contribution < 1.29 is 13.2 Å². The SMILES string of the molecule is CCc1ccc(-c2csc(C)n2)cc1C(F)(F)F. The molecule has 18 heavy (non-hydrogen) atoms. The molecule has 0 aliphatic rings. The standard InChI is InChI=1S/C13H12F3NS/c1-3-9-4-5-10(6-11(9)13(14,15)16)12-7-18-8(2)17-12/h4-7H,3H2,1-2H3. The predicted molar refractivity (Wildman–Crippen MR) is 66.7 cm³/mol. The van der Waals surface area contributed by atoms with E-state index in [9.17, 15) is 13.2 Å². The van der Waals surface area contributed by atoms with E-state index < -0.39 is 11.7 Å². The number of thiazole rings is 1. The van der Waals surface area contributed by atoms with Gasteiger partial charge >= 0.3 is 6.18 Å². The Labute approximate surface area is 107 Å². The molecule has 2 rings (SSSR count). The van der Waals surface area contributed by atoms with Crippen molar-refractivity contribution in [2.75, 3.05) is 0 Å². The van der Waals surface area contributed by atoms with Crippen molar-refractivity contribution >= 4 is 11.3 Å². The van der Waals surface area contributed by atoms with Crippen molar-refractivity contribution in [1.82, 2.24) is 4.98 Å². The zero-order chi connectivity index (χ0) is 13.3. The van der Waals surface area contributed by atoms with Crippen molar-refractivity contribution in [3.05, 3.63) is 39.7 Å². The molecule has 0 radical (unpaired) electrons. The monoisotopic (exact) mass is 271 g/mol. The molecule has 0 aliphatic carbocycles. The number of nitrogens with zero attached hydrogens (tertiary/aromatic N) is 1. The van der Waals surface area contributed by atoms with Gasteiger partial charge in [0.1, 0.15) is 0 Å². The molecule has 0 atom stereocenters. The summed E-state index contributed by atoms with van der Waals surface area (Å²) in [4.78, 5) is 4.21. The summed E-state index contributed by atoms with van der Waals surface area (Å²) >= 11 is 1.43. The Kier molecular flexibility index (Phi) is 3.43. The average Bonchev–Trinajstić information content (AvgIpc) is 2.74. The molecule has 0 spiro atoms. The zero-order valence-electron chi connectivity index (χ0n) is 10.0. The summed E-state index contributed by atoms with van der Waals surface area (Å²) in [7, 11) is 0. The van der Waals surface area contributed by atoms with Crippen LogP contribution in [0.15, 0.2) is 23.6 Å². The van der Waals surface area contributed by atoms with Gasteiger partial charge in [0.15, 0.2) is 0 Å². The van der Waals surface area contributed by atoms with Crippen molar-refractivity contribution in [1.29, 1.82) is 0 Å². The van der Waals surface area contributed by atoms with Crippen molar-refractivity contribution in [3.8, 4) is 11.3 Å². The van der Waals surface area contributed by atoms with Crippen LogP contribution in [-0.4, -0.2) is 4.98 Å². The lowest BCUT2D eigenvalue weighted by molar-refractivity contribution is -0.138. The highest BCUT2D eigenvalue weighted by atomic mass is 32.1. The largest absolute Gasteiger partial charge is 0.416 e. The number of aryl methyl sites for hydroxylation is 2. The Balaban J connectivity index is 2.52. The van der Waals surface area contributed by atoms with Gasteiger partial charge in [0.05, 0.1) is 16.3 Å². The molecule has 0 N–H and O–H groups in total. The van der Waals surface area contributed by atoms with Gasteiger partial charge < -0.3 is 0 Å². The second-order valence-electron chi connectivity index (χ2n) is 3.98. The lowest BCUT2D eigenvalue weighted by atomic mass is 10.0. The van der Waals surface area contributed by atoms with Crippen LogP contribution in [0.2, 0.25) is 0 Å². The Morgan fingerprint density at radius 1 is 1.28 bits per heavy atom. The van der Waals surface area contributed by atoms with E-state index in [1.165, 1.54) is 23.5 Å². The third kappa shape index (κ3) is 2.56. The quantitative estimate of drug-likeness (QED) is 0.771. The fourth-order valence-electron chi connectivity index (χ4n) is 1.80. The van der Waals surface area contributed by atoms with Crippen molar-refractivity contribution in [3.63, 3.8) is 0 Å². The van der Waals surface area contributed by atoms with E-state index in [0.29, 0.717) is 23.2 Å². The van der Waals surface area contributed by atoms with Gasteiger partial charge in [0, 0.05) is 10.9 Å². The molecule has 1 aromatic carbocycles. The van der Waals surface area contributed by atoms with Crippen molar-refractivity contribution in [2.45, 2.75) is 26.4 Å². The molecule has 1 nitrogen and oxygen atoms in total. The highest BCUT2D eigenvalue weighted by Gasteiger charge is 2.33. The van der Waals surface area contributed by atoms with Crippen LogP contribution in [-0.2, 0) is 12.6 Å². The van der Waals surface area contributed by atoms with E-state index >= 15 is 0 Å². The Hall–Kier alpha value is -1.36. The highest BCUT2D eigenvalue weighted by Crippen LogP contribution is 2.35. The van der Waals surface area contributed by atoms with Gasteiger partial charge in [-0.05, 0) is 25.0 Å². The molecule has 1 aromatic heterocycles. The Morgan fingerprint density at radius 2 is 2.00 bits per heavy atom. The highest BCUT2D eigenvalue weighted by molar-refractivity contribution is 7.09. The van der Waals surface area contributed by atoms with Crippen LogP contribution in [0.1, 0.15) is 23.1 Å². The molecular weight excluding hydrogens is 259 g/mol. The van der Waals surface area contributed by atoms with Gasteiger partial charge in [-0.25, -0.2) is 4.98 Å². The minimum absolute atomic E-state index is 0.318. The van der Waals surface area contributed by atoms with Crippen LogP contribution >= 0.6 is 11.3 Å². The molecule has 0 saturated heterocycles. The maximum Gasteiger partial charge on any atom is 0.416 e. The molecule has 5 heteroatoms. The Morgan fingerprint density at radius 3 is 2.50 bits per heavy atom. The lowest BCUT2D eigenvalue weighted by Crippen LogP contribution is -2.09. The van der Waals surface area contributed by atoms with Gasteiger partial charge in [0.25, 0.3) is 0 Å². The number of aromatic nitrogens is 1. The summed E-state index contributed by atoms with van der Waals surface area (Å²) in [6, 6.07) is 4.42. The zero-order valence-corrected chi connectivity index (χ0v) is 10.8. The summed E-state index contributed by atoms with van der Waals surface area (Å²) in [6.07, 6.45) is -3.95. The topological polar surface area (TPSA) is 12.9 Å². The van der Waals surface area contributed by atoms with E-state index in [-0.39, 0.29) is 0 Å². The first-order valence-electron chi connectivity index (χ1n) is 5.54. The van der Waals surface area contributed by atoms with Gasteiger partial charge in [-0.1, -0.05) is 19.1 Å². The second-order valence-corrected chi connectivity index (χ2v) is 5.04. The summed E-state index contributed by atoms with van der Waals surface area (Å²) in [5, 5.41) is 2.62. The fourth-order valence-corrected chi connectivity index (χ4v) is 2.43. The van der Waals surface area contributed by atoms with Gasteiger partial charge in [-0.3, -0.25) is 0 Å². The molecule has 0 fully saturated rings. The first-order valence-corrected chi connectivity index (χ1v) is 6.42. The molecule has 0 unspecified atom stereocenters. The summed E-state index contributed by atoms with van der Waals surface area (Å²) in [5.74, 6) is 0. The summed E-state index contributed by atoms with van der Waals surface area (Å²) in [5.41, 5.74) is 0.876. The third-order valence-corrected chi connectivity index (χ3v) is 3.48. The lowest BCUT2D eigenvalue weighted by Gasteiger charge is -2.12. The van der Waals surface area contributed by atoms with Crippen LogP contribution in [0.4, 0.5) is 13.2 Å². The molecule has 0 bridgehead atoms. The molecule has 1 heterocycles. The van der Waals surface area contributed by atoms with Crippen LogP contribution in [0, 0.1) is 6.92 Å². The number of hydrogen-bond acceptors (Lipinski definition) is 2. The van der Waals surface area contributed by atoms with Gasteiger partial charge in [-0.2, -0.15) is 13.2 Å². The van der Waals surface area contributed by atoms with E-state index in [0.717, 1.165) is 5.01 Å². The van der Waals surface area contributed by atoms with Crippen LogP contribution < -0.4 is 0 Å². The smallest absolute Gasteiger partial charge is 0.242 e. The first kappa shape index (κ1) is 13.1. The molecule has 0 aliphatic heterocycles. The number of halogens is 3. The Bertz CT molecular complexity index is 558. The minimum Gasteiger partial charge on any atom is -0.242 e. The maximum atomic E-state index is 12.9. The van der Waals surface area contributed by atoms with E-state index in [1.54, 1.807) is 18.4 Å². The van der Waals surface area contributed by atoms with Gasteiger partial charge in [-0.15, -0.1) is 11.3 Å². The number of benzene rings is 1. The second kappa shape index (κ2) is 4.72. The molecule has 96 valence electrons. The van der Waals surface area contributed by atoms with E-state index in [4.69, 9.17) is 0 Å². The molecule has 0 amide bonds. The van der Waals surface area contributed by atoms with Crippen LogP contribution in [0.3, 0.4) is 0 Å². The van der Waals surface area contributed by atoms with E-state index in [1.807, 2.05) is 6.92 Å². The predicted octanol–water partition coefficient (Wildman–Crippen LogP) is 4.70. The number of rotatable bonds is 2. The molecular formula is C13H12F3NS. The summed E-state index contributed by atoms with van der Waals surface area (Å²) < 4.78 is 38.8.